The molecule has 34 heavy (non-hydrogen) atoms. The Labute approximate surface area is 195 Å². The van der Waals surface area contributed by atoms with E-state index in [1.807, 2.05) is 37.3 Å². The first-order valence-corrected chi connectivity index (χ1v) is 10.9. The Morgan fingerprint density at radius 3 is 2.53 bits per heavy atom. The lowest BCUT2D eigenvalue weighted by molar-refractivity contribution is -0.383. The van der Waals surface area contributed by atoms with E-state index in [2.05, 4.69) is 20.3 Å². The molecule has 9 nitrogen and oxygen atoms in total. The van der Waals surface area contributed by atoms with Gasteiger partial charge in [-0.2, -0.15) is 0 Å². The highest BCUT2D eigenvalue weighted by molar-refractivity contribution is 5.94. The summed E-state index contributed by atoms with van der Waals surface area (Å²) in [6.45, 7) is 1.98. The number of aromatic hydroxyl groups is 1. The van der Waals surface area contributed by atoms with Crippen LogP contribution in [0.3, 0.4) is 0 Å². The molecule has 0 aliphatic carbocycles. The highest BCUT2D eigenvalue weighted by Gasteiger charge is 2.27. The number of unbranched alkanes of at least 4 members (excludes halogenated alkanes) is 1. The van der Waals surface area contributed by atoms with Crippen LogP contribution in [-0.2, 0) is 4.79 Å². The molecule has 2 aromatic heterocycles. The molecular weight excluding hydrogens is 434 g/mol. The zero-order chi connectivity index (χ0) is 24.1. The molecule has 172 valence electrons. The molecule has 0 aliphatic rings. The third kappa shape index (κ3) is 4.68. The SMILES string of the molecule is CCCCC(=O)NC(c1cnc(-c2ccccc2)nc1)c1cc([N+](=O)[O-])c2cccnc2c1O. The van der Waals surface area contributed by atoms with Crippen molar-refractivity contribution in [2.24, 2.45) is 0 Å². The van der Waals surface area contributed by atoms with Gasteiger partial charge in [0.2, 0.25) is 5.91 Å². The molecule has 0 spiro atoms. The van der Waals surface area contributed by atoms with Crippen LogP contribution < -0.4 is 5.32 Å². The van der Waals surface area contributed by atoms with Crippen LogP contribution in [0.25, 0.3) is 22.3 Å². The number of pyridine rings is 1. The number of benzene rings is 2. The van der Waals surface area contributed by atoms with Crippen molar-refractivity contribution in [3.05, 3.63) is 88.4 Å². The van der Waals surface area contributed by atoms with Crippen molar-refractivity contribution in [3.63, 3.8) is 0 Å². The van der Waals surface area contributed by atoms with Crippen molar-refractivity contribution in [2.45, 2.75) is 32.2 Å². The number of amides is 1. The number of rotatable bonds is 8. The predicted molar refractivity (Wildman–Crippen MR) is 127 cm³/mol. The topological polar surface area (TPSA) is 131 Å². The van der Waals surface area contributed by atoms with E-state index in [1.165, 1.54) is 18.3 Å². The van der Waals surface area contributed by atoms with Gasteiger partial charge in [-0.3, -0.25) is 19.9 Å². The first kappa shape index (κ1) is 22.8. The van der Waals surface area contributed by atoms with Crippen LogP contribution in [0.1, 0.15) is 43.4 Å². The number of nitro groups is 1. The summed E-state index contributed by atoms with van der Waals surface area (Å²) in [5.74, 6) is 0.00655. The normalized spacial score (nSPS) is 11.8. The number of phenolic OH excluding ortho intramolecular Hbond substituents is 1. The summed E-state index contributed by atoms with van der Waals surface area (Å²) in [7, 11) is 0. The fourth-order valence-corrected chi connectivity index (χ4v) is 3.74. The molecule has 0 saturated heterocycles. The van der Waals surface area contributed by atoms with E-state index in [9.17, 15) is 20.0 Å². The van der Waals surface area contributed by atoms with Crippen LogP contribution in [-0.4, -0.2) is 30.9 Å². The molecule has 2 N–H and O–H groups in total. The van der Waals surface area contributed by atoms with Crippen molar-refractivity contribution in [1.29, 1.82) is 0 Å². The number of hydrogen-bond acceptors (Lipinski definition) is 7. The summed E-state index contributed by atoms with van der Waals surface area (Å²) in [5.41, 5.74) is 1.32. The van der Waals surface area contributed by atoms with Crippen LogP contribution in [0.5, 0.6) is 5.75 Å². The Balaban J connectivity index is 1.82. The van der Waals surface area contributed by atoms with Crippen molar-refractivity contribution in [3.8, 4) is 17.1 Å². The van der Waals surface area contributed by atoms with Crippen LogP contribution in [0, 0.1) is 10.1 Å². The van der Waals surface area contributed by atoms with Gasteiger partial charge in [-0.1, -0.05) is 43.7 Å². The van der Waals surface area contributed by atoms with Crippen molar-refractivity contribution in [1.82, 2.24) is 20.3 Å². The van der Waals surface area contributed by atoms with E-state index >= 15 is 0 Å². The van der Waals surface area contributed by atoms with Crippen molar-refractivity contribution in [2.75, 3.05) is 0 Å². The van der Waals surface area contributed by atoms with E-state index in [-0.39, 0.29) is 40.2 Å². The van der Waals surface area contributed by atoms with Gasteiger partial charge in [0.1, 0.15) is 11.3 Å². The average molecular weight is 457 g/mol. The van der Waals surface area contributed by atoms with Gasteiger partial charge < -0.3 is 10.4 Å². The minimum absolute atomic E-state index is 0.0846. The maximum absolute atomic E-state index is 12.7. The molecule has 0 radical (unpaired) electrons. The Bertz CT molecular complexity index is 1330. The smallest absolute Gasteiger partial charge is 0.279 e. The lowest BCUT2D eigenvalue weighted by Gasteiger charge is -2.21. The van der Waals surface area contributed by atoms with Crippen LogP contribution in [0.4, 0.5) is 5.69 Å². The molecular formula is C25H23N5O4. The minimum Gasteiger partial charge on any atom is -0.505 e. The number of fused-ring (bicyclic) bond motifs is 1. The van der Waals surface area contributed by atoms with E-state index in [4.69, 9.17) is 0 Å². The Morgan fingerprint density at radius 2 is 1.85 bits per heavy atom. The molecule has 1 unspecified atom stereocenters. The standard InChI is InChI=1S/C25H23N5O4/c1-2-3-11-21(31)29-22(17-14-27-25(28-15-17)16-8-5-4-6-9-16)19-13-20(30(33)34)18-10-7-12-26-23(18)24(19)32/h4-10,12-15,22,32H,2-3,11H2,1H3,(H,29,31). The monoisotopic (exact) mass is 457 g/mol. The number of phenols is 1. The van der Waals surface area contributed by atoms with Gasteiger partial charge in [-0.15, -0.1) is 0 Å². The fraction of sp³-hybridized carbons (Fsp3) is 0.200. The molecule has 1 amide bonds. The number of carbonyl (C=O) groups is 1. The van der Waals surface area contributed by atoms with Gasteiger partial charge in [0.25, 0.3) is 5.69 Å². The number of aromatic nitrogens is 3. The van der Waals surface area contributed by atoms with Gasteiger partial charge in [0.05, 0.1) is 16.4 Å². The third-order valence-corrected chi connectivity index (χ3v) is 5.48. The third-order valence-electron chi connectivity index (χ3n) is 5.48. The molecule has 9 heteroatoms. The summed E-state index contributed by atoms with van der Waals surface area (Å²) in [6, 6.07) is 12.9. The molecule has 0 fully saturated rings. The lowest BCUT2D eigenvalue weighted by atomic mass is 9.96. The first-order valence-electron chi connectivity index (χ1n) is 10.9. The van der Waals surface area contributed by atoms with Gasteiger partial charge >= 0.3 is 0 Å². The second-order valence-corrected chi connectivity index (χ2v) is 7.80. The van der Waals surface area contributed by atoms with E-state index in [0.29, 0.717) is 17.8 Å². The highest BCUT2D eigenvalue weighted by atomic mass is 16.6. The van der Waals surface area contributed by atoms with Crippen LogP contribution in [0.15, 0.2) is 67.1 Å². The summed E-state index contributed by atoms with van der Waals surface area (Å²) < 4.78 is 0. The fourth-order valence-electron chi connectivity index (χ4n) is 3.74. The number of hydrogen-bond donors (Lipinski definition) is 2. The molecule has 0 bridgehead atoms. The number of non-ortho nitro benzene ring substituents is 1. The Kier molecular flexibility index (Phi) is 6.72. The van der Waals surface area contributed by atoms with Crippen molar-refractivity contribution < 1.29 is 14.8 Å². The van der Waals surface area contributed by atoms with Gasteiger partial charge in [-0.25, -0.2) is 9.97 Å². The highest BCUT2D eigenvalue weighted by Crippen LogP contribution is 2.39. The molecule has 4 aromatic rings. The maximum atomic E-state index is 12.7. The lowest BCUT2D eigenvalue weighted by Crippen LogP contribution is -2.29. The van der Waals surface area contributed by atoms with Crippen LogP contribution >= 0.6 is 0 Å². The zero-order valence-electron chi connectivity index (χ0n) is 18.5. The minimum atomic E-state index is -0.903. The van der Waals surface area contributed by atoms with Crippen molar-refractivity contribution >= 4 is 22.5 Å². The number of nitrogens with one attached hydrogen (secondary N) is 1. The quantitative estimate of drug-likeness (QED) is 0.289. The number of nitro benzene ring substituents is 1. The van der Waals surface area contributed by atoms with E-state index in [1.54, 1.807) is 18.5 Å². The Hall–Kier alpha value is -4.40. The average Bonchev–Trinajstić information content (AvgIpc) is 2.87. The van der Waals surface area contributed by atoms with E-state index < -0.39 is 11.0 Å². The molecule has 0 saturated carbocycles. The summed E-state index contributed by atoms with van der Waals surface area (Å²) in [4.78, 5) is 36.9. The van der Waals surface area contributed by atoms with Crippen LogP contribution in [0.2, 0.25) is 0 Å². The number of nitrogens with zero attached hydrogens (tertiary/aromatic N) is 4. The maximum Gasteiger partial charge on any atom is 0.279 e. The van der Waals surface area contributed by atoms with Gasteiger partial charge in [0.15, 0.2) is 5.82 Å². The largest absolute Gasteiger partial charge is 0.505 e. The molecule has 2 aromatic carbocycles. The molecule has 1 atom stereocenters. The van der Waals surface area contributed by atoms with E-state index in [0.717, 1.165) is 12.0 Å². The number of carbonyl (C=O) groups excluding carboxylic acids is 1. The zero-order valence-corrected chi connectivity index (χ0v) is 18.5. The summed E-state index contributed by atoms with van der Waals surface area (Å²) in [6.07, 6.45) is 6.35. The second kappa shape index (κ2) is 10.0. The molecule has 0 aliphatic heterocycles. The molecule has 2 heterocycles. The summed E-state index contributed by atoms with van der Waals surface area (Å²) >= 11 is 0. The summed E-state index contributed by atoms with van der Waals surface area (Å²) in [5, 5.41) is 25.9. The Morgan fingerprint density at radius 1 is 1.12 bits per heavy atom. The first-order chi connectivity index (χ1) is 16.5. The van der Waals surface area contributed by atoms with Gasteiger partial charge in [0, 0.05) is 47.8 Å². The predicted octanol–water partition coefficient (Wildman–Crippen LogP) is 4.70. The second-order valence-electron chi connectivity index (χ2n) is 7.80. The molecule has 4 rings (SSSR count). The van der Waals surface area contributed by atoms with Gasteiger partial charge in [-0.05, 0) is 18.6 Å².